The largest absolute Gasteiger partial charge is 0.480 e. The summed E-state index contributed by atoms with van der Waals surface area (Å²) < 4.78 is 0.609. The monoisotopic (exact) mass is 540 g/mol. The van der Waals surface area contributed by atoms with Gasteiger partial charge in [-0.25, -0.2) is 4.79 Å². The van der Waals surface area contributed by atoms with Gasteiger partial charge in [0.1, 0.15) is 10.9 Å². The van der Waals surface area contributed by atoms with Gasteiger partial charge in [-0.3, -0.25) is 9.59 Å². The molecule has 2 aromatic carbocycles. The van der Waals surface area contributed by atoms with Crippen LogP contribution in [0.25, 0.3) is 0 Å². The van der Waals surface area contributed by atoms with Gasteiger partial charge in [0, 0.05) is 16.6 Å². The zero-order valence-electron chi connectivity index (χ0n) is 15.7. The van der Waals surface area contributed by atoms with E-state index < -0.39 is 23.8 Å². The third-order valence-electron chi connectivity index (χ3n) is 4.27. The number of amides is 2. The Morgan fingerprint density at radius 2 is 1.65 bits per heavy atom. The van der Waals surface area contributed by atoms with E-state index >= 15 is 0 Å². The van der Waals surface area contributed by atoms with Crippen molar-refractivity contribution in [2.24, 2.45) is 0 Å². The quantitative estimate of drug-likeness (QED) is 0.368. The third-order valence-corrected chi connectivity index (χ3v) is 6.73. The molecule has 3 aromatic rings. The summed E-state index contributed by atoms with van der Waals surface area (Å²) in [7, 11) is 0. The lowest BCUT2D eigenvalue weighted by Crippen LogP contribution is -2.42. The SMILES string of the molecule is O=C(N[C@@H](Cc1ccc(NC(=O)c2c(Cl)cccc2Cl)cc1)C(=O)O)c1sccc1Br. The van der Waals surface area contributed by atoms with E-state index in [-0.39, 0.29) is 22.0 Å². The lowest BCUT2D eigenvalue weighted by atomic mass is 10.1. The van der Waals surface area contributed by atoms with Crippen molar-refractivity contribution < 1.29 is 19.5 Å². The molecule has 2 amide bonds. The number of carbonyl (C=O) groups excluding carboxylic acids is 2. The lowest BCUT2D eigenvalue weighted by molar-refractivity contribution is -0.139. The van der Waals surface area contributed by atoms with Gasteiger partial charge >= 0.3 is 5.97 Å². The van der Waals surface area contributed by atoms with Crippen molar-refractivity contribution in [1.82, 2.24) is 5.32 Å². The maximum Gasteiger partial charge on any atom is 0.326 e. The Kier molecular flexibility index (Phi) is 7.72. The molecule has 1 atom stereocenters. The van der Waals surface area contributed by atoms with Gasteiger partial charge in [0.05, 0.1) is 15.6 Å². The molecule has 0 fully saturated rings. The van der Waals surface area contributed by atoms with E-state index in [2.05, 4.69) is 26.6 Å². The highest BCUT2D eigenvalue weighted by atomic mass is 79.9. The number of carboxylic acid groups (broad SMARTS) is 1. The van der Waals surface area contributed by atoms with Gasteiger partial charge in [-0.05, 0) is 57.2 Å². The molecule has 10 heteroatoms. The zero-order valence-corrected chi connectivity index (χ0v) is 19.6. The van der Waals surface area contributed by atoms with Gasteiger partial charge in [0.25, 0.3) is 11.8 Å². The van der Waals surface area contributed by atoms with E-state index in [0.717, 1.165) is 0 Å². The minimum absolute atomic E-state index is 0.0780. The van der Waals surface area contributed by atoms with E-state index in [4.69, 9.17) is 23.2 Å². The Morgan fingerprint density at radius 1 is 1.00 bits per heavy atom. The van der Waals surface area contributed by atoms with Gasteiger partial charge in [0.15, 0.2) is 0 Å². The first-order valence-electron chi connectivity index (χ1n) is 8.87. The van der Waals surface area contributed by atoms with Crippen molar-refractivity contribution in [1.29, 1.82) is 0 Å². The number of anilines is 1. The molecule has 0 radical (unpaired) electrons. The van der Waals surface area contributed by atoms with Crippen LogP contribution in [0.4, 0.5) is 5.69 Å². The van der Waals surface area contributed by atoms with Crippen molar-refractivity contribution >= 4 is 73.9 Å². The average molecular weight is 542 g/mol. The van der Waals surface area contributed by atoms with Crippen molar-refractivity contribution in [3.05, 3.63) is 84.4 Å². The Balaban J connectivity index is 1.67. The van der Waals surface area contributed by atoms with Crippen LogP contribution < -0.4 is 10.6 Å². The molecule has 0 bridgehead atoms. The minimum atomic E-state index is -1.15. The van der Waals surface area contributed by atoms with Crippen LogP contribution in [0.2, 0.25) is 10.0 Å². The van der Waals surface area contributed by atoms with Crippen molar-refractivity contribution in [2.75, 3.05) is 5.32 Å². The molecule has 6 nitrogen and oxygen atoms in total. The first-order valence-corrected chi connectivity index (χ1v) is 11.3. The predicted octanol–water partition coefficient (Wildman–Crippen LogP) is 5.50. The molecule has 0 aliphatic heterocycles. The van der Waals surface area contributed by atoms with Gasteiger partial charge < -0.3 is 15.7 Å². The number of thiophene rings is 1. The van der Waals surface area contributed by atoms with E-state index in [1.54, 1.807) is 53.9 Å². The lowest BCUT2D eigenvalue weighted by Gasteiger charge is -2.15. The van der Waals surface area contributed by atoms with Gasteiger partial charge in [-0.15, -0.1) is 11.3 Å². The number of carboxylic acids is 1. The number of aliphatic carboxylic acids is 1. The molecule has 0 unspecified atom stereocenters. The van der Waals surface area contributed by atoms with E-state index in [9.17, 15) is 19.5 Å². The predicted molar refractivity (Wildman–Crippen MR) is 125 cm³/mol. The van der Waals surface area contributed by atoms with Crippen LogP contribution in [0, 0.1) is 0 Å². The van der Waals surface area contributed by atoms with E-state index in [0.29, 0.717) is 20.6 Å². The fourth-order valence-corrected chi connectivity index (χ4v) is 4.77. The summed E-state index contributed by atoms with van der Waals surface area (Å²) >= 11 is 16.6. The Morgan fingerprint density at radius 3 is 2.19 bits per heavy atom. The molecule has 0 spiro atoms. The van der Waals surface area contributed by atoms with Crippen LogP contribution in [0.5, 0.6) is 0 Å². The third kappa shape index (κ3) is 5.86. The van der Waals surface area contributed by atoms with E-state index in [1.807, 2.05) is 0 Å². The molecule has 160 valence electrons. The molecule has 0 saturated carbocycles. The second-order valence-corrected chi connectivity index (χ2v) is 9.00. The summed E-state index contributed by atoms with van der Waals surface area (Å²) in [6, 6.07) is 12.0. The molecule has 31 heavy (non-hydrogen) atoms. The van der Waals surface area contributed by atoms with Crippen LogP contribution in [0.3, 0.4) is 0 Å². The summed E-state index contributed by atoms with van der Waals surface area (Å²) in [6.07, 6.45) is 0.0780. The highest BCUT2D eigenvalue weighted by Crippen LogP contribution is 2.26. The second-order valence-electron chi connectivity index (χ2n) is 6.41. The van der Waals surface area contributed by atoms with Crippen molar-refractivity contribution in [2.45, 2.75) is 12.5 Å². The molecular formula is C21H15BrCl2N2O4S. The number of benzene rings is 2. The standard InChI is InChI=1S/C21H15BrCl2N2O4S/c22-13-8-9-31-18(13)20(28)26-16(21(29)30)10-11-4-6-12(7-5-11)25-19(27)17-14(23)2-1-3-15(17)24/h1-9,16H,10H2,(H,25,27)(H,26,28)(H,29,30)/t16-/m0/s1. The number of halogens is 3. The molecule has 0 aliphatic rings. The molecule has 0 saturated heterocycles. The number of hydrogen-bond acceptors (Lipinski definition) is 4. The Hall–Kier alpha value is -2.39. The van der Waals surface area contributed by atoms with Gasteiger partial charge in [-0.2, -0.15) is 0 Å². The van der Waals surface area contributed by atoms with Crippen LogP contribution in [0.1, 0.15) is 25.6 Å². The molecule has 3 rings (SSSR count). The van der Waals surface area contributed by atoms with Crippen LogP contribution in [-0.2, 0) is 11.2 Å². The average Bonchev–Trinajstić information content (AvgIpc) is 3.14. The first kappa shape index (κ1) is 23.3. The molecular weight excluding hydrogens is 527 g/mol. The molecule has 3 N–H and O–H groups in total. The highest BCUT2D eigenvalue weighted by Gasteiger charge is 2.23. The van der Waals surface area contributed by atoms with Crippen LogP contribution in [0.15, 0.2) is 58.4 Å². The summed E-state index contributed by atoms with van der Waals surface area (Å²) in [6.45, 7) is 0. The summed E-state index contributed by atoms with van der Waals surface area (Å²) in [4.78, 5) is 36.8. The van der Waals surface area contributed by atoms with Crippen molar-refractivity contribution in [3.8, 4) is 0 Å². The summed E-state index contributed by atoms with van der Waals surface area (Å²) in [5.74, 6) is -2.07. The fraction of sp³-hybridized carbons (Fsp3) is 0.0952. The first-order chi connectivity index (χ1) is 14.8. The normalized spacial score (nSPS) is 11.6. The topological polar surface area (TPSA) is 95.5 Å². The number of nitrogens with one attached hydrogen (secondary N) is 2. The minimum Gasteiger partial charge on any atom is -0.480 e. The summed E-state index contributed by atoms with van der Waals surface area (Å²) in [5.41, 5.74) is 1.33. The van der Waals surface area contributed by atoms with Crippen molar-refractivity contribution in [3.63, 3.8) is 0 Å². The van der Waals surface area contributed by atoms with Gasteiger partial charge in [0.2, 0.25) is 0 Å². The number of carbonyl (C=O) groups is 3. The van der Waals surface area contributed by atoms with Crippen LogP contribution >= 0.6 is 50.5 Å². The zero-order chi connectivity index (χ0) is 22.5. The maximum atomic E-state index is 12.5. The number of rotatable bonds is 7. The molecule has 1 aromatic heterocycles. The smallest absolute Gasteiger partial charge is 0.326 e. The fourth-order valence-electron chi connectivity index (χ4n) is 2.75. The Bertz CT molecular complexity index is 1110. The number of hydrogen-bond donors (Lipinski definition) is 3. The second kappa shape index (κ2) is 10.3. The molecule has 1 heterocycles. The maximum absolute atomic E-state index is 12.5. The van der Waals surface area contributed by atoms with Gasteiger partial charge in [-0.1, -0.05) is 41.4 Å². The molecule has 0 aliphatic carbocycles. The van der Waals surface area contributed by atoms with Crippen LogP contribution in [-0.4, -0.2) is 28.9 Å². The highest BCUT2D eigenvalue weighted by molar-refractivity contribution is 9.10. The Labute approximate surface area is 200 Å². The van der Waals surface area contributed by atoms with E-state index in [1.165, 1.54) is 11.3 Å². The summed E-state index contributed by atoms with van der Waals surface area (Å²) in [5, 5.41) is 16.9.